The normalized spacial score (nSPS) is 11.6. The molecule has 10 heteroatoms. The van der Waals surface area contributed by atoms with Crippen LogP contribution in [0.2, 0.25) is 15.1 Å². The summed E-state index contributed by atoms with van der Waals surface area (Å²) in [6, 6.07) is 28.4. The number of hydrogen-bond donors (Lipinski definition) is 1. The van der Waals surface area contributed by atoms with Crippen molar-refractivity contribution in [3.8, 4) is 22.7 Å². The van der Waals surface area contributed by atoms with Crippen molar-refractivity contribution < 1.29 is 19.1 Å². The third kappa shape index (κ3) is 7.25. The molecule has 0 aliphatic rings. The van der Waals surface area contributed by atoms with Gasteiger partial charge in [0.2, 0.25) is 0 Å². The molecule has 1 atom stereocenters. The number of esters is 1. The fraction of sp³-hybridized carbons (Fsp3) is 0.147. The van der Waals surface area contributed by atoms with E-state index in [1.165, 1.54) is 7.11 Å². The topological polar surface area (TPSA) is 82.4 Å². The smallest absolute Gasteiger partial charge is 0.328 e. The Kier molecular flexibility index (Phi) is 9.90. The quantitative estimate of drug-likeness (QED) is 0.156. The number of benzene rings is 4. The molecule has 1 aromatic heterocycles. The lowest BCUT2D eigenvalue weighted by Crippen LogP contribution is -2.43. The van der Waals surface area contributed by atoms with Crippen LogP contribution in [0.5, 0.6) is 5.75 Å². The average molecular weight is 649 g/mol. The van der Waals surface area contributed by atoms with E-state index in [0.717, 1.165) is 16.7 Å². The van der Waals surface area contributed by atoms with E-state index in [1.807, 2.05) is 66.7 Å². The van der Waals surface area contributed by atoms with E-state index in [1.54, 1.807) is 41.9 Å². The van der Waals surface area contributed by atoms with Gasteiger partial charge < -0.3 is 14.8 Å². The number of methoxy groups -OCH3 is 1. The summed E-state index contributed by atoms with van der Waals surface area (Å²) < 4.78 is 12.5. The first kappa shape index (κ1) is 31.1. The van der Waals surface area contributed by atoms with Gasteiger partial charge in [0.25, 0.3) is 5.91 Å². The molecule has 7 nitrogen and oxygen atoms in total. The molecule has 1 N–H and O–H groups in total. The summed E-state index contributed by atoms with van der Waals surface area (Å²) in [6.45, 7) is 2.22. The van der Waals surface area contributed by atoms with Crippen LogP contribution >= 0.6 is 34.8 Å². The molecule has 0 radical (unpaired) electrons. The van der Waals surface area contributed by atoms with E-state index in [-0.39, 0.29) is 12.1 Å². The van der Waals surface area contributed by atoms with Crippen LogP contribution in [0.1, 0.15) is 27.2 Å². The third-order valence-corrected chi connectivity index (χ3v) is 7.79. The van der Waals surface area contributed by atoms with Crippen molar-refractivity contribution in [3.05, 3.63) is 135 Å². The number of rotatable bonds is 10. The van der Waals surface area contributed by atoms with Crippen molar-refractivity contribution in [3.63, 3.8) is 0 Å². The molecular formula is C34H28Cl3N3O4. The lowest BCUT2D eigenvalue weighted by molar-refractivity contribution is -0.142. The Balaban J connectivity index is 1.40. The number of carbonyl (C=O) groups excluding carboxylic acids is 2. The maximum Gasteiger partial charge on any atom is 0.328 e. The molecule has 44 heavy (non-hydrogen) atoms. The summed E-state index contributed by atoms with van der Waals surface area (Å²) in [5, 5.41) is 8.84. The Morgan fingerprint density at radius 3 is 2.20 bits per heavy atom. The second-order valence-corrected chi connectivity index (χ2v) is 11.3. The molecule has 0 spiro atoms. The number of amides is 1. The van der Waals surface area contributed by atoms with E-state index in [4.69, 9.17) is 44.3 Å². The standard InChI is InChI=1S/C34H28Cl3N3O4/c1-21-31(39-40(30-17-14-26(36)19-28(30)37)32(21)24-10-12-25(35)13-11-24)33(41)38-29(34(42)43-2)18-22-8-15-27(16-9-22)44-20-23-6-4-3-5-7-23/h3-17,19,29H,18,20H2,1-2H3,(H,38,41)/t29-/m0/s1. The minimum absolute atomic E-state index is 0.125. The highest BCUT2D eigenvalue weighted by atomic mass is 35.5. The summed E-state index contributed by atoms with van der Waals surface area (Å²) in [5.74, 6) is -0.439. The Labute approximate surface area is 270 Å². The maximum absolute atomic E-state index is 13.7. The van der Waals surface area contributed by atoms with E-state index in [2.05, 4.69) is 10.4 Å². The fourth-order valence-electron chi connectivity index (χ4n) is 4.75. The van der Waals surface area contributed by atoms with E-state index < -0.39 is 17.9 Å². The zero-order valence-corrected chi connectivity index (χ0v) is 26.2. The van der Waals surface area contributed by atoms with Gasteiger partial charge in [-0.25, -0.2) is 9.48 Å². The Bertz CT molecular complexity index is 1770. The van der Waals surface area contributed by atoms with Gasteiger partial charge >= 0.3 is 5.97 Å². The molecule has 0 aliphatic carbocycles. The van der Waals surface area contributed by atoms with Gasteiger partial charge in [0.1, 0.15) is 18.4 Å². The molecule has 0 fully saturated rings. The highest BCUT2D eigenvalue weighted by Gasteiger charge is 2.28. The number of hydrogen-bond acceptors (Lipinski definition) is 5. The molecule has 1 heterocycles. The maximum atomic E-state index is 13.7. The summed E-state index contributed by atoms with van der Waals surface area (Å²) in [4.78, 5) is 26.5. The number of halogens is 3. The molecule has 0 unspecified atom stereocenters. The van der Waals surface area contributed by atoms with Gasteiger partial charge in [-0.15, -0.1) is 0 Å². The van der Waals surface area contributed by atoms with Crippen molar-refractivity contribution in [2.45, 2.75) is 26.0 Å². The molecule has 5 rings (SSSR count). The lowest BCUT2D eigenvalue weighted by atomic mass is 10.0. The predicted octanol–water partition coefficient (Wildman–Crippen LogP) is 7.90. The second-order valence-electron chi connectivity index (χ2n) is 10.0. The molecular weight excluding hydrogens is 621 g/mol. The molecule has 5 aromatic rings. The third-order valence-electron chi connectivity index (χ3n) is 7.00. The van der Waals surface area contributed by atoms with Gasteiger partial charge in [-0.1, -0.05) is 89.4 Å². The summed E-state index contributed by atoms with van der Waals surface area (Å²) in [7, 11) is 1.28. The van der Waals surface area contributed by atoms with Crippen LogP contribution in [0.4, 0.5) is 0 Å². The van der Waals surface area contributed by atoms with Gasteiger partial charge in [-0.3, -0.25) is 4.79 Å². The van der Waals surface area contributed by atoms with Crippen LogP contribution in [0.15, 0.2) is 97.1 Å². The highest BCUT2D eigenvalue weighted by Crippen LogP contribution is 2.33. The number of aromatic nitrogens is 2. The monoisotopic (exact) mass is 647 g/mol. The summed E-state index contributed by atoms with van der Waals surface area (Å²) in [5.41, 5.74) is 4.51. The van der Waals surface area contributed by atoms with Crippen LogP contribution in [-0.2, 0) is 22.6 Å². The molecule has 4 aromatic carbocycles. The van der Waals surface area contributed by atoms with Gasteiger partial charge in [-0.05, 0) is 60.5 Å². The molecule has 1 amide bonds. The first-order valence-electron chi connectivity index (χ1n) is 13.7. The van der Waals surface area contributed by atoms with Crippen molar-refractivity contribution in [1.82, 2.24) is 15.1 Å². The summed E-state index contributed by atoms with van der Waals surface area (Å²) >= 11 is 18.8. The van der Waals surface area contributed by atoms with E-state index in [0.29, 0.717) is 44.4 Å². The average Bonchev–Trinajstić information content (AvgIpc) is 3.37. The van der Waals surface area contributed by atoms with Gasteiger partial charge in [0, 0.05) is 27.6 Å². The van der Waals surface area contributed by atoms with Gasteiger partial charge in [0.15, 0.2) is 5.69 Å². The molecule has 0 aliphatic heterocycles. The fourth-order valence-corrected chi connectivity index (χ4v) is 5.36. The number of carbonyl (C=O) groups is 2. The zero-order chi connectivity index (χ0) is 31.2. The first-order chi connectivity index (χ1) is 21.2. The van der Waals surface area contributed by atoms with Crippen LogP contribution in [0, 0.1) is 6.92 Å². The first-order valence-corrected chi connectivity index (χ1v) is 14.8. The van der Waals surface area contributed by atoms with Crippen molar-refractivity contribution in [1.29, 1.82) is 0 Å². The minimum Gasteiger partial charge on any atom is -0.489 e. The minimum atomic E-state index is -0.966. The predicted molar refractivity (Wildman–Crippen MR) is 173 cm³/mol. The van der Waals surface area contributed by atoms with Crippen molar-refractivity contribution in [2.75, 3.05) is 7.11 Å². The zero-order valence-electron chi connectivity index (χ0n) is 23.9. The number of ether oxygens (including phenoxy) is 2. The van der Waals surface area contributed by atoms with Gasteiger partial charge in [-0.2, -0.15) is 5.10 Å². The van der Waals surface area contributed by atoms with Crippen molar-refractivity contribution >= 4 is 46.7 Å². The Morgan fingerprint density at radius 1 is 0.864 bits per heavy atom. The van der Waals surface area contributed by atoms with Crippen molar-refractivity contribution in [2.24, 2.45) is 0 Å². The second kappa shape index (κ2) is 14.0. The largest absolute Gasteiger partial charge is 0.489 e. The van der Waals surface area contributed by atoms with Crippen LogP contribution < -0.4 is 10.1 Å². The molecule has 0 saturated heterocycles. The lowest BCUT2D eigenvalue weighted by Gasteiger charge is -2.16. The highest BCUT2D eigenvalue weighted by molar-refractivity contribution is 6.35. The van der Waals surface area contributed by atoms with E-state index in [9.17, 15) is 9.59 Å². The van der Waals surface area contributed by atoms with E-state index >= 15 is 0 Å². The molecule has 0 bridgehead atoms. The SMILES string of the molecule is COC(=O)[C@H](Cc1ccc(OCc2ccccc2)cc1)NC(=O)c1nn(-c2ccc(Cl)cc2Cl)c(-c2ccc(Cl)cc2)c1C. The molecule has 224 valence electrons. The Hall–Kier alpha value is -4.30. The van der Waals surface area contributed by atoms with Gasteiger partial charge in [0.05, 0.1) is 23.5 Å². The Morgan fingerprint density at radius 2 is 1.55 bits per heavy atom. The van der Waals surface area contributed by atoms with Crippen LogP contribution in [0.25, 0.3) is 16.9 Å². The van der Waals surface area contributed by atoms with Crippen LogP contribution in [0.3, 0.4) is 0 Å². The number of nitrogens with one attached hydrogen (secondary N) is 1. The molecule has 0 saturated carbocycles. The van der Waals surface area contributed by atoms with Crippen LogP contribution in [-0.4, -0.2) is 34.8 Å². The summed E-state index contributed by atoms with van der Waals surface area (Å²) in [6.07, 6.45) is 0.199. The number of nitrogens with zero attached hydrogens (tertiary/aromatic N) is 2.